The van der Waals surface area contributed by atoms with Crippen molar-refractivity contribution in [3.05, 3.63) is 27.7 Å². The topological polar surface area (TPSA) is 21.3 Å². The van der Waals surface area contributed by atoms with Crippen LogP contribution in [0.5, 0.6) is 5.75 Å². The summed E-state index contributed by atoms with van der Waals surface area (Å²) in [5.74, 6) is 0.794. The van der Waals surface area contributed by atoms with E-state index in [1.54, 1.807) is 12.1 Å². The lowest BCUT2D eigenvalue weighted by atomic mass is 10.2. The fourth-order valence-electron chi connectivity index (χ4n) is 1.33. The molecule has 0 saturated carbocycles. The fraction of sp³-hybridized carbons (Fsp3) is 0.333. The molecule has 2 rings (SSSR count). The van der Waals surface area contributed by atoms with E-state index in [1.807, 2.05) is 0 Å². The minimum Gasteiger partial charge on any atom is -0.492 e. The van der Waals surface area contributed by atoms with Gasteiger partial charge >= 0.3 is 0 Å². The summed E-state index contributed by atoms with van der Waals surface area (Å²) in [6.07, 6.45) is 0. The Hall–Kier alpha value is -0.440. The molecule has 0 bridgehead atoms. The molecule has 1 aromatic carbocycles. The summed E-state index contributed by atoms with van der Waals surface area (Å²) in [7, 11) is 0. The molecule has 0 saturated heterocycles. The fourth-order valence-corrected chi connectivity index (χ4v) is 1.87. The van der Waals surface area contributed by atoms with Crippen molar-refractivity contribution < 1.29 is 4.74 Å². The van der Waals surface area contributed by atoms with Crippen molar-refractivity contribution in [2.75, 3.05) is 13.2 Å². The largest absolute Gasteiger partial charge is 0.492 e. The van der Waals surface area contributed by atoms with Gasteiger partial charge in [0.15, 0.2) is 0 Å². The van der Waals surface area contributed by atoms with Crippen LogP contribution in [-0.2, 0) is 6.54 Å². The number of benzene rings is 1. The van der Waals surface area contributed by atoms with E-state index in [1.165, 1.54) is 0 Å². The number of rotatable bonds is 0. The van der Waals surface area contributed by atoms with Crippen LogP contribution in [0.1, 0.15) is 5.56 Å². The molecular weight excluding hydrogens is 209 g/mol. The Bertz CT molecular complexity index is 328. The van der Waals surface area contributed by atoms with Crippen molar-refractivity contribution >= 4 is 23.2 Å². The molecule has 0 atom stereocenters. The Labute approximate surface area is 86.8 Å². The van der Waals surface area contributed by atoms with Gasteiger partial charge in [0.1, 0.15) is 12.4 Å². The molecule has 0 aliphatic carbocycles. The second-order valence-electron chi connectivity index (χ2n) is 2.89. The van der Waals surface area contributed by atoms with Crippen LogP contribution in [0.3, 0.4) is 0 Å². The molecule has 70 valence electrons. The third-order valence-electron chi connectivity index (χ3n) is 1.96. The van der Waals surface area contributed by atoms with E-state index in [2.05, 4.69) is 5.32 Å². The first-order valence-corrected chi connectivity index (χ1v) is 4.84. The molecule has 1 N–H and O–H groups in total. The highest BCUT2D eigenvalue weighted by molar-refractivity contribution is 6.35. The predicted molar refractivity (Wildman–Crippen MR) is 53.7 cm³/mol. The molecular formula is C9H9Cl2NO. The molecule has 1 aliphatic rings. The summed E-state index contributed by atoms with van der Waals surface area (Å²) in [4.78, 5) is 0. The van der Waals surface area contributed by atoms with Crippen LogP contribution in [0.25, 0.3) is 0 Å². The number of hydrogen-bond acceptors (Lipinski definition) is 2. The first kappa shape index (κ1) is 9.13. The monoisotopic (exact) mass is 217 g/mol. The Balaban J connectivity index is 2.47. The summed E-state index contributed by atoms with van der Waals surface area (Å²) in [6, 6.07) is 3.54. The molecule has 0 unspecified atom stereocenters. The highest BCUT2D eigenvalue weighted by Gasteiger charge is 2.12. The van der Waals surface area contributed by atoms with Crippen LogP contribution in [0.2, 0.25) is 10.0 Å². The molecule has 13 heavy (non-hydrogen) atoms. The van der Waals surface area contributed by atoms with Crippen LogP contribution in [-0.4, -0.2) is 13.2 Å². The van der Waals surface area contributed by atoms with Crippen molar-refractivity contribution in [1.82, 2.24) is 5.32 Å². The van der Waals surface area contributed by atoms with Gasteiger partial charge in [-0.1, -0.05) is 23.2 Å². The van der Waals surface area contributed by atoms with Gasteiger partial charge in [-0.25, -0.2) is 0 Å². The van der Waals surface area contributed by atoms with Crippen molar-refractivity contribution in [1.29, 1.82) is 0 Å². The Morgan fingerprint density at radius 3 is 3.00 bits per heavy atom. The van der Waals surface area contributed by atoms with Crippen LogP contribution in [0.4, 0.5) is 0 Å². The van der Waals surface area contributed by atoms with Gasteiger partial charge in [0.05, 0.1) is 5.02 Å². The van der Waals surface area contributed by atoms with E-state index >= 15 is 0 Å². The molecule has 0 amide bonds. The van der Waals surface area contributed by atoms with Gasteiger partial charge < -0.3 is 10.1 Å². The SMILES string of the molecule is Clc1cc(Cl)c2c(c1)OCCNC2. The van der Waals surface area contributed by atoms with E-state index in [0.717, 1.165) is 24.4 Å². The van der Waals surface area contributed by atoms with Gasteiger partial charge in [0.2, 0.25) is 0 Å². The third-order valence-corrected chi connectivity index (χ3v) is 2.51. The first-order chi connectivity index (χ1) is 6.27. The van der Waals surface area contributed by atoms with Crippen molar-refractivity contribution in [3.63, 3.8) is 0 Å². The van der Waals surface area contributed by atoms with Crippen molar-refractivity contribution in [2.24, 2.45) is 0 Å². The van der Waals surface area contributed by atoms with Crippen LogP contribution in [0, 0.1) is 0 Å². The summed E-state index contributed by atoms with van der Waals surface area (Å²) < 4.78 is 5.48. The Kier molecular flexibility index (Phi) is 2.63. The first-order valence-electron chi connectivity index (χ1n) is 4.09. The molecule has 1 aliphatic heterocycles. The maximum atomic E-state index is 6.02. The Morgan fingerprint density at radius 1 is 1.31 bits per heavy atom. The zero-order valence-corrected chi connectivity index (χ0v) is 8.45. The minimum absolute atomic E-state index is 0.616. The zero-order chi connectivity index (χ0) is 9.26. The second-order valence-corrected chi connectivity index (χ2v) is 3.73. The van der Waals surface area contributed by atoms with Crippen LogP contribution >= 0.6 is 23.2 Å². The Morgan fingerprint density at radius 2 is 2.15 bits per heavy atom. The molecule has 4 heteroatoms. The van der Waals surface area contributed by atoms with Gasteiger partial charge in [-0.15, -0.1) is 0 Å². The average molecular weight is 218 g/mol. The van der Waals surface area contributed by atoms with Gasteiger partial charge in [0, 0.05) is 23.7 Å². The lowest BCUT2D eigenvalue weighted by molar-refractivity contribution is 0.326. The minimum atomic E-state index is 0.616. The molecule has 1 heterocycles. The van der Waals surface area contributed by atoms with E-state index in [0.29, 0.717) is 16.7 Å². The molecule has 0 spiro atoms. The van der Waals surface area contributed by atoms with Crippen LogP contribution in [0.15, 0.2) is 12.1 Å². The average Bonchev–Trinajstić information content (AvgIpc) is 2.28. The quantitative estimate of drug-likeness (QED) is 0.722. The summed E-state index contributed by atoms with van der Waals surface area (Å²) in [6.45, 7) is 2.23. The lowest BCUT2D eigenvalue weighted by Crippen LogP contribution is -2.16. The molecule has 0 aromatic heterocycles. The van der Waals surface area contributed by atoms with E-state index in [4.69, 9.17) is 27.9 Å². The van der Waals surface area contributed by atoms with E-state index in [-0.39, 0.29) is 0 Å². The summed E-state index contributed by atoms with van der Waals surface area (Å²) in [5.41, 5.74) is 0.989. The lowest BCUT2D eigenvalue weighted by Gasteiger charge is -2.08. The van der Waals surface area contributed by atoms with Crippen molar-refractivity contribution in [2.45, 2.75) is 6.54 Å². The maximum Gasteiger partial charge on any atom is 0.126 e. The van der Waals surface area contributed by atoms with Gasteiger partial charge in [-0.2, -0.15) is 0 Å². The highest BCUT2D eigenvalue weighted by Crippen LogP contribution is 2.31. The van der Waals surface area contributed by atoms with Crippen molar-refractivity contribution in [3.8, 4) is 5.75 Å². The number of ether oxygens (including phenoxy) is 1. The van der Waals surface area contributed by atoms with E-state index in [9.17, 15) is 0 Å². The third kappa shape index (κ3) is 1.90. The van der Waals surface area contributed by atoms with Crippen LogP contribution < -0.4 is 10.1 Å². The standard InChI is InChI=1S/C9H9Cl2NO/c10-6-3-8(11)7-5-12-1-2-13-9(7)4-6/h3-4,12H,1-2,5H2. The molecule has 1 aromatic rings. The number of halogens is 2. The maximum absolute atomic E-state index is 6.02. The smallest absolute Gasteiger partial charge is 0.126 e. The second kappa shape index (κ2) is 3.74. The summed E-state index contributed by atoms with van der Waals surface area (Å²) >= 11 is 11.9. The van der Waals surface area contributed by atoms with E-state index < -0.39 is 0 Å². The number of fused-ring (bicyclic) bond motifs is 1. The number of nitrogens with one attached hydrogen (secondary N) is 1. The zero-order valence-electron chi connectivity index (χ0n) is 6.94. The van der Waals surface area contributed by atoms with Gasteiger partial charge in [0.25, 0.3) is 0 Å². The van der Waals surface area contributed by atoms with Gasteiger partial charge in [-0.3, -0.25) is 0 Å². The highest BCUT2D eigenvalue weighted by atomic mass is 35.5. The summed E-state index contributed by atoms with van der Waals surface area (Å²) in [5, 5.41) is 4.49. The van der Waals surface area contributed by atoms with Gasteiger partial charge in [-0.05, 0) is 12.1 Å². The number of hydrogen-bond donors (Lipinski definition) is 1. The molecule has 0 radical (unpaired) electrons. The normalized spacial score (nSPS) is 15.8. The molecule has 2 nitrogen and oxygen atoms in total. The predicted octanol–water partition coefficient (Wildman–Crippen LogP) is 2.48. The molecule has 0 fully saturated rings.